The van der Waals surface area contributed by atoms with Gasteiger partial charge in [0.1, 0.15) is 0 Å². The summed E-state index contributed by atoms with van der Waals surface area (Å²) in [6, 6.07) is 0.804. The van der Waals surface area contributed by atoms with E-state index in [9.17, 15) is 13.2 Å². The molecule has 0 amide bonds. The number of pyridine rings is 1. The van der Waals surface area contributed by atoms with E-state index >= 15 is 0 Å². The van der Waals surface area contributed by atoms with Gasteiger partial charge in [-0.05, 0) is 12.5 Å². The molecule has 0 bridgehead atoms. The van der Waals surface area contributed by atoms with E-state index in [4.69, 9.17) is 21.2 Å². The highest BCUT2D eigenvalue weighted by molar-refractivity contribution is 6.32. The van der Waals surface area contributed by atoms with Crippen molar-refractivity contribution in [3.05, 3.63) is 22.8 Å². The van der Waals surface area contributed by atoms with E-state index in [2.05, 4.69) is 10.5 Å². The lowest BCUT2D eigenvalue weighted by Gasteiger charge is -2.12. The van der Waals surface area contributed by atoms with Crippen molar-refractivity contribution in [1.82, 2.24) is 4.98 Å². The fourth-order valence-electron chi connectivity index (χ4n) is 1.61. The van der Waals surface area contributed by atoms with E-state index < -0.39 is 11.7 Å². The lowest BCUT2D eigenvalue weighted by molar-refractivity contribution is -0.137. The summed E-state index contributed by atoms with van der Waals surface area (Å²) in [6.07, 6.45) is -2.86. The number of aromatic nitrogens is 1. The van der Waals surface area contributed by atoms with Gasteiger partial charge in [0.05, 0.1) is 23.8 Å². The van der Waals surface area contributed by atoms with Crippen molar-refractivity contribution in [1.29, 1.82) is 0 Å². The Morgan fingerprint density at radius 3 is 2.89 bits per heavy atom. The minimum atomic E-state index is -4.46. The molecule has 1 aromatic heterocycles. The second-order valence-corrected chi connectivity index (χ2v) is 4.60. The van der Waals surface area contributed by atoms with Crippen LogP contribution >= 0.6 is 11.6 Å². The van der Waals surface area contributed by atoms with Crippen LogP contribution in [0.25, 0.3) is 0 Å². The van der Waals surface area contributed by atoms with E-state index in [-0.39, 0.29) is 16.8 Å². The zero-order valence-electron chi connectivity index (χ0n) is 9.84. The number of ether oxygens (including phenoxy) is 1. The number of anilines is 1. The van der Waals surface area contributed by atoms with E-state index in [1.807, 2.05) is 0 Å². The van der Waals surface area contributed by atoms with Crippen LogP contribution in [0, 0.1) is 5.92 Å². The fourth-order valence-corrected chi connectivity index (χ4v) is 1.82. The Kier molecular flexibility index (Phi) is 4.49. The fraction of sp³-hybridized carbons (Fsp3) is 0.545. The van der Waals surface area contributed by atoms with Gasteiger partial charge in [-0.25, -0.2) is 10.5 Å². The van der Waals surface area contributed by atoms with Crippen molar-refractivity contribution < 1.29 is 22.7 Å². The topological polar surface area (TPSA) is 43.4 Å². The first-order valence-electron chi connectivity index (χ1n) is 5.65. The normalized spacial score (nSPS) is 19.7. The largest absolute Gasteiger partial charge is 0.417 e. The third-order valence-corrected chi connectivity index (χ3v) is 2.97. The lowest BCUT2D eigenvalue weighted by atomic mass is 10.1. The van der Waals surface area contributed by atoms with Gasteiger partial charge in [-0.2, -0.15) is 13.2 Å². The molecule has 2 rings (SSSR count). The molecule has 4 nitrogen and oxygen atoms in total. The van der Waals surface area contributed by atoms with Gasteiger partial charge in [0.15, 0.2) is 5.82 Å². The number of nitrogens with one attached hydrogen (secondary N) is 1. The van der Waals surface area contributed by atoms with Crippen molar-refractivity contribution in [2.24, 2.45) is 5.92 Å². The van der Waals surface area contributed by atoms with Crippen LogP contribution in [0.2, 0.25) is 5.02 Å². The molecule has 1 atom stereocenters. The third-order valence-electron chi connectivity index (χ3n) is 2.68. The van der Waals surface area contributed by atoms with Crippen LogP contribution in [0.3, 0.4) is 0 Å². The van der Waals surface area contributed by atoms with Crippen molar-refractivity contribution in [2.75, 3.05) is 25.3 Å². The van der Waals surface area contributed by atoms with Gasteiger partial charge in [0.2, 0.25) is 0 Å². The first-order chi connectivity index (χ1) is 8.97. The minimum absolute atomic E-state index is 0.0635. The smallest absolute Gasteiger partial charge is 0.381 e. The molecule has 0 saturated carbocycles. The van der Waals surface area contributed by atoms with Crippen LogP contribution in [0.15, 0.2) is 12.3 Å². The molecule has 1 fully saturated rings. The molecule has 1 saturated heterocycles. The quantitative estimate of drug-likeness (QED) is 0.867. The monoisotopic (exact) mass is 296 g/mol. The predicted molar refractivity (Wildman–Crippen MR) is 62.7 cm³/mol. The van der Waals surface area contributed by atoms with E-state index in [1.165, 1.54) is 0 Å². The number of nitrogens with zero attached hydrogens (tertiary/aromatic N) is 1. The van der Waals surface area contributed by atoms with E-state index in [0.29, 0.717) is 26.0 Å². The number of hydrogen-bond donors (Lipinski definition) is 1. The first kappa shape index (κ1) is 14.4. The molecule has 1 aliphatic rings. The molecule has 8 heteroatoms. The second kappa shape index (κ2) is 5.94. The maximum absolute atomic E-state index is 12.4. The molecule has 0 aromatic carbocycles. The van der Waals surface area contributed by atoms with Crippen LogP contribution in [0.1, 0.15) is 12.0 Å². The van der Waals surface area contributed by atoms with Crippen molar-refractivity contribution in [3.8, 4) is 0 Å². The molecule has 0 aliphatic carbocycles. The highest BCUT2D eigenvalue weighted by Gasteiger charge is 2.31. The number of alkyl halides is 3. The SMILES string of the molecule is FC(F)(F)c1cnc(NOCC2CCOC2)c(Cl)c1. The van der Waals surface area contributed by atoms with Gasteiger partial charge in [0, 0.05) is 18.7 Å². The van der Waals surface area contributed by atoms with Crippen molar-refractivity contribution >= 4 is 17.4 Å². The highest BCUT2D eigenvalue weighted by Crippen LogP contribution is 2.32. The lowest BCUT2D eigenvalue weighted by Crippen LogP contribution is -2.14. The Hall–Kier alpha value is -1.05. The maximum atomic E-state index is 12.4. The molecule has 1 N–H and O–H groups in total. The molecule has 1 unspecified atom stereocenters. The molecular formula is C11H12ClF3N2O2. The van der Waals surface area contributed by atoms with Gasteiger partial charge >= 0.3 is 6.18 Å². The van der Waals surface area contributed by atoms with Crippen LogP contribution in [-0.4, -0.2) is 24.8 Å². The molecule has 1 aromatic rings. The summed E-state index contributed by atoms with van der Waals surface area (Å²) in [5.74, 6) is 0.342. The summed E-state index contributed by atoms with van der Waals surface area (Å²) in [7, 11) is 0. The summed E-state index contributed by atoms with van der Waals surface area (Å²) in [5, 5.41) is -0.141. The molecule has 1 aliphatic heterocycles. The highest BCUT2D eigenvalue weighted by atomic mass is 35.5. The Labute approximate surface area is 112 Å². The van der Waals surface area contributed by atoms with Crippen molar-refractivity contribution in [3.63, 3.8) is 0 Å². The number of rotatable bonds is 4. The molecule has 19 heavy (non-hydrogen) atoms. The molecule has 2 heterocycles. The molecule has 0 spiro atoms. The van der Waals surface area contributed by atoms with Gasteiger partial charge in [0.25, 0.3) is 0 Å². The zero-order valence-corrected chi connectivity index (χ0v) is 10.6. The molecular weight excluding hydrogens is 285 g/mol. The standard InChI is InChI=1S/C11H12ClF3N2O2/c12-9-3-8(11(13,14)15)4-16-10(9)17-19-6-7-1-2-18-5-7/h3-4,7H,1-2,5-6H2,(H,16,17). The minimum Gasteiger partial charge on any atom is -0.381 e. The summed E-state index contributed by atoms with van der Waals surface area (Å²) in [6.45, 7) is 1.71. The first-order valence-corrected chi connectivity index (χ1v) is 6.03. The molecule has 106 valence electrons. The average Bonchev–Trinajstić information content (AvgIpc) is 2.83. The van der Waals surface area contributed by atoms with Crippen LogP contribution < -0.4 is 5.48 Å². The van der Waals surface area contributed by atoms with E-state index in [1.54, 1.807) is 0 Å². The Balaban J connectivity index is 1.90. The van der Waals surface area contributed by atoms with Gasteiger partial charge in [-0.3, -0.25) is 4.84 Å². The zero-order chi connectivity index (χ0) is 13.9. The van der Waals surface area contributed by atoms with Crippen LogP contribution in [-0.2, 0) is 15.8 Å². The maximum Gasteiger partial charge on any atom is 0.417 e. The average molecular weight is 297 g/mol. The number of halogens is 4. The summed E-state index contributed by atoms with van der Waals surface area (Å²) >= 11 is 5.70. The summed E-state index contributed by atoms with van der Waals surface area (Å²) < 4.78 is 42.3. The van der Waals surface area contributed by atoms with Gasteiger partial charge in [-0.1, -0.05) is 11.6 Å². The Bertz CT molecular complexity index is 436. The Morgan fingerprint density at radius 2 is 2.32 bits per heavy atom. The summed E-state index contributed by atoms with van der Waals surface area (Å²) in [5.41, 5.74) is 1.56. The van der Waals surface area contributed by atoms with Gasteiger partial charge in [-0.15, -0.1) is 0 Å². The van der Waals surface area contributed by atoms with Crippen LogP contribution in [0.5, 0.6) is 0 Å². The molecule has 0 radical (unpaired) electrons. The van der Waals surface area contributed by atoms with E-state index in [0.717, 1.165) is 12.5 Å². The van der Waals surface area contributed by atoms with Crippen molar-refractivity contribution in [2.45, 2.75) is 12.6 Å². The Morgan fingerprint density at radius 1 is 1.53 bits per heavy atom. The van der Waals surface area contributed by atoms with Crippen LogP contribution in [0.4, 0.5) is 19.0 Å². The number of hydrogen-bond acceptors (Lipinski definition) is 4. The second-order valence-electron chi connectivity index (χ2n) is 4.19. The van der Waals surface area contributed by atoms with Gasteiger partial charge < -0.3 is 4.74 Å². The summed E-state index contributed by atoms with van der Waals surface area (Å²) in [4.78, 5) is 8.74. The third kappa shape index (κ3) is 3.95. The predicted octanol–water partition coefficient (Wildman–Crippen LogP) is 3.13.